The van der Waals surface area contributed by atoms with Crippen LogP contribution in [0.15, 0.2) is 47.1 Å². The highest BCUT2D eigenvalue weighted by molar-refractivity contribution is 9.09. The summed E-state index contributed by atoms with van der Waals surface area (Å²) < 4.78 is 6.57. The molecule has 2 saturated carbocycles. The van der Waals surface area contributed by atoms with Crippen molar-refractivity contribution in [3.63, 3.8) is 0 Å². The first-order chi connectivity index (χ1) is 17.5. The second-order valence-electron chi connectivity index (χ2n) is 12.2. The third-order valence-corrected chi connectivity index (χ3v) is 11.7. The van der Waals surface area contributed by atoms with E-state index in [4.69, 9.17) is 4.43 Å². The van der Waals surface area contributed by atoms with Crippen molar-refractivity contribution in [3.8, 4) is 6.07 Å². The van der Waals surface area contributed by atoms with Crippen molar-refractivity contribution in [1.29, 1.82) is 5.26 Å². The van der Waals surface area contributed by atoms with Crippen LogP contribution in [0.1, 0.15) is 81.1 Å². The van der Waals surface area contributed by atoms with E-state index in [1.807, 2.05) is 18.2 Å². The molecule has 0 radical (unpaired) electrons. The molecule has 0 N–H and O–H groups in total. The molecule has 0 aromatic heterocycles. The van der Waals surface area contributed by atoms with E-state index in [9.17, 15) is 14.9 Å². The molecule has 0 saturated heterocycles. The predicted octanol–water partition coefficient (Wildman–Crippen LogP) is 7.06. The van der Waals surface area contributed by atoms with Crippen LogP contribution in [0.5, 0.6) is 0 Å². The van der Waals surface area contributed by atoms with Gasteiger partial charge in [-0.2, -0.15) is 5.26 Å². The lowest BCUT2D eigenvalue weighted by molar-refractivity contribution is -0.116. The minimum Gasteiger partial charge on any atom is -0.413 e. The molecular weight excluding hydrogens is 542 g/mol. The van der Waals surface area contributed by atoms with Crippen molar-refractivity contribution >= 4 is 36.5 Å². The normalized spacial score (nSPS) is 35.8. The van der Waals surface area contributed by atoms with Crippen LogP contribution in [-0.4, -0.2) is 31.5 Å². The van der Waals surface area contributed by atoms with Gasteiger partial charge in [-0.1, -0.05) is 59.6 Å². The molecule has 0 aliphatic heterocycles. The zero-order valence-electron chi connectivity index (χ0n) is 22.6. The molecular formula is C31H38BrNO3Si. The Hall–Kier alpha value is -1.81. The third kappa shape index (κ3) is 4.17. The van der Waals surface area contributed by atoms with E-state index in [1.165, 1.54) is 22.3 Å². The second-order valence-corrected chi connectivity index (χ2v) is 16.0. The van der Waals surface area contributed by atoms with Gasteiger partial charge in [0.15, 0.2) is 20.6 Å². The van der Waals surface area contributed by atoms with Crippen LogP contribution in [0.2, 0.25) is 13.1 Å². The number of hydrogen-bond acceptors (Lipinski definition) is 4. The second kappa shape index (κ2) is 9.74. The standard InChI is InChI=1S/C31H38BrNO3Si/c1-18(34)20-6-8-21(9-7-20)25-16-30(3)26(12-13-31(30,17-33)19(2)32)24-11-10-22-14-23(35)15-27(36-37(4)5)28(22)29(24)25/h6-9,14,19,24-27,37H,10-13,15-16H2,1-5H3/t19?,24-,25+,26-,27?,30-,31+/m0/s1. The Balaban J connectivity index is 1.73. The first kappa shape index (κ1) is 26.8. The maximum Gasteiger partial charge on any atom is 0.171 e. The molecule has 1 aromatic rings. The van der Waals surface area contributed by atoms with Gasteiger partial charge < -0.3 is 4.43 Å². The summed E-state index contributed by atoms with van der Waals surface area (Å²) >= 11 is 3.87. The Bertz CT molecular complexity index is 1230. The number of alkyl halides is 1. The van der Waals surface area contributed by atoms with E-state index in [0.717, 1.165) is 37.7 Å². The maximum atomic E-state index is 12.7. The highest BCUT2D eigenvalue weighted by Crippen LogP contribution is 2.71. The Morgan fingerprint density at radius 2 is 1.95 bits per heavy atom. The molecule has 4 aliphatic carbocycles. The van der Waals surface area contributed by atoms with Gasteiger partial charge in [-0.05, 0) is 92.2 Å². The number of nitrogens with zero attached hydrogens (tertiary/aromatic N) is 1. The zero-order valence-corrected chi connectivity index (χ0v) is 25.4. The van der Waals surface area contributed by atoms with Gasteiger partial charge >= 0.3 is 0 Å². The number of halogens is 1. The smallest absolute Gasteiger partial charge is 0.171 e. The lowest BCUT2D eigenvalue weighted by Crippen LogP contribution is -2.50. The van der Waals surface area contributed by atoms with Gasteiger partial charge in [0.05, 0.1) is 17.6 Å². The third-order valence-electron chi connectivity index (χ3n) is 10.0. The molecule has 2 fully saturated rings. The Labute approximate surface area is 231 Å². The summed E-state index contributed by atoms with van der Waals surface area (Å²) in [6, 6.07) is 11.0. The molecule has 0 spiro atoms. The number of ketones is 2. The Morgan fingerprint density at radius 3 is 2.54 bits per heavy atom. The van der Waals surface area contributed by atoms with Gasteiger partial charge in [-0.25, -0.2) is 0 Å². The summed E-state index contributed by atoms with van der Waals surface area (Å²) in [4.78, 5) is 24.8. The molecule has 196 valence electrons. The van der Waals surface area contributed by atoms with Gasteiger partial charge in [0.2, 0.25) is 0 Å². The molecule has 37 heavy (non-hydrogen) atoms. The average Bonchev–Trinajstić information content (AvgIpc) is 3.15. The van der Waals surface area contributed by atoms with Crippen LogP contribution < -0.4 is 0 Å². The lowest BCUT2D eigenvalue weighted by atomic mass is 9.48. The SMILES string of the molecule is CC(=O)c1ccc([C@H]2C[C@@]3(C)[C@@H](CC[C@@]3(C#N)C(C)Br)[C@@H]3CCC4=CC(=O)CC(O[SiH](C)C)C4=C32)cc1. The molecule has 0 amide bonds. The highest BCUT2D eigenvalue weighted by Gasteiger charge is 2.65. The fourth-order valence-corrected chi connectivity index (χ4v) is 10.1. The predicted molar refractivity (Wildman–Crippen MR) is 152 cm³/mol. The summed E-state index contributed by atoms with van der Waals surface area (Å²) in [5.41, 5.74) is 5.29. The van der Waals surface area contributed by atoms with Crippen LogP contribution in [0.25, 0.3) is 0 Å². The maximum absolute atomic E-state index is 12.7. The van der Waals surface area contributed by atoms with E-state index in [1.54, 1.807) is 6.92 Å². The number of hydrogen-bond donors (Lipinski definition) is 0. The summed E-state index contributed by atoms with van der Waals surface area (Å²) in [6.45, 7) is 10.5. The molecule has 1 aromatic carbocycles. The Morgan fingerprint density at radius 1 is 1.24 bits per heavy atom. The minimum atomic E-state index is -1.38. The summed E-state index contributed by atoms with van der Waals surface area (Å²) in [6.07, 6.45) is 6.94. The topological polar surface area (TPSA) is 67.2 Å². The quantitative estimate of drug-likeness (QED) is 0.213. The number of benzene rings is 1. The van der Waals surface area contributed by atoms with Crippen LogP contribution in [0.3, 0.4) is 0 Å². The summed E-state index contributed by atoms with van der Waals surface area (Å²) in [7, 11) is -1.38. The highest BCUT2D eigenvalue weighted by atomic mass is 79.9. The molecule has 5 rings (SSSR count). The zero-order chi connectivity index (χ0) is 26.7. The van der Waals surface area contributed by atoms with Gasteiger partial charge in [0.1, 0.15) is 0 Å². The number of carbonyl (C=O) groups is 2. The molecule has 0 heterocycles. The number of rotatable bonds is 5. The Kier molecular flexibility index (Phi) is 7.05. The van der Waals surface area contributed by atoms with Gasteiger partial charge in [-0.15, -0.1) is 0 Å². The van der Waals surface area contributed by atoms with Crippen molar-refractivity contribution in [1.82, 2.24) is 0 Å². The van der Waals surface area contributed by atoms with Crippen LogP contribution >= 0.6 is 15.9 Å². The van der Waals surface area contributed by atoms with E-state index >= 15 is 0 Å². The fourth-order valence-electron chi connectivity index (χ4n) is 8.38. The van der Waals surface area contributed by atoms with E-state index in [-0.39, 0.29) is 33.8 Å². The first-order valence-electron chi connectivity index (χ1n) is 13.8. The number of allylic oxidation sites excluding steroid dienone is 2. The largest absolute Gasteiger partial charge is 0.413 e. The van der Waals surface area contributed by atoms with Crippen molar-refractivity contribution in [2.24, 2.45) is 22.7 Å². The van der Waals surface area contributed by atoms with Crippen LogP contribution in [-0.2, 0) is 9.22 Å². The van der Waals surface area contributed by atoms with E-state index in [2.05, 4.69) is 61.1 Å². The van der Waals surface area contributed by atoms with Crippen LogP contribution in [0, 0.1) is 34.0 Å². The van der Waals surface area contributed by atoms with E-state index in [0.29, 0.717) is 18.3 Å². The summed E-state index contributed by atoms with van der Waals surface area (Å²) in [5, 5.41) is 10.6. The lowest BCUT2D eigenvalue weighted by Gasteiger charge is -2.55. The summed E-state index contributed by atoms with van der Waals surface area (Å²) in [5.74, 6) is 1.18. The van der Waals surface area contributed by atoms with Crippen molar-refractivity contribution in [2.45, 2.75) is 89.2 Å². The van der Waals surface area contributed by atoms with Gasteiger partial charge in [-0.3, -0.25) is 9.59 Å². The van der Waals surface area contributed by atoms with Gasteiger partial charge in [0, 0.05) is 22.7 Å². The molecule has 4 aliphatic rings. The molecule has 6 heteroatoms. The van der Waals surface area contributed by atoms with Crippen molar-refractivity contribution in [3.05, 3.63) is 58.2 Å². The van der Waals surface area contributed by atoms with Gasteiger partial charge in [0.25, 0.3) is 0 Å². The molecule has 4 nitrogen and oxygen atoms in total. The van der Waals surface area contributed by atoms with Crippen molar-refractivity contribution < 1.29 is 14.0 Å². The van der Waals surface area contributed by atoms with E-state index < -0.39 is 14.5 Å². The average molecular weight is 581 g/mol. The van der Waals surface area contributed by atoms with Crippen LogP contribution in [0.4, 0.5) is 0 Å². The molecule has 2 unspecified atom stereocenters. The number of nitriles is 1. The molecule has 7 atom stereocenters. The molecule has 0 bridgehead atoms. The first-order valence-corrected chi connectivity index (χ1v) is 17.5. The van der Waals surface area contributed by atoms with Crippen molar-refractivity contribution in [2.75, 3.05) is 0 Å². The fraction of sp³-hybridized carbons (Fsp3) is 0.581. The number of Topliss-reactive ketones (excluding diaryl/α,β-unsaturated/α-hetero) is 1. The number of carbonyl (C=O) groups excluding carboxylic acids is 2. The minimum absolute atomic E-state index is 0.0681. The number of fused-ring (bicyclic) bond motifs is 4. The monoisotopic (exact) mass is 579 g/mol.